The van der Waals surface area contributed by atoms with Crippen LogP contribution in [0.1, 0.15) is 99.8 Å². The van der Waals surface area contributed by atoms with Gasteiger partial charge in [-0.25, -0.2) is 0 Å². The van der Waals surface area contributed by atoms with E-state index in [1.807, 2.05) is 0 Å². The molecule has 5 saturated carbocycles. The Hall–Kier alpha value is -0.690. The number of aliphatic hydroxyl groups is 1. The van der Waals surface area contributed by atoms with E-state index >= 15 is 0 Å². The first kappa shape index (κ1) is 25.1. The van der Waals surface area contributed by atoms with Gasteiger partial charge in [0.2, 0.25) is 0 Å². The lowest BCUT2D eigenvalue weighted by Gasteiger charge is -2.65. The Labute approximate surface area is 227 Å². The van der Waals surface area contributed by atoms with Gasteiger partial charge in [-0.1, -0.05) is 34.6 Å². The molecule has 8 aliphatic rings. The van der Waals surface area contributed by atoms with Gasteiger partial charge >= 0.3 is 5.97 Å². The maximum absolute atomic E-state index is 12.7. The number of rotatable bonds is 1. The van der Waals surface area contributed by atoms with E-state index < -0.39 is 5.79 Å². The fraction of sp³-hybridized carbons (Fsp3) is 0.969. The first-order chi connectivity index (χ1) is 17.7. The topological polar surface area (TPSA) is 77.5 Å². The van der Waals surface area contributed by atoms with Gasteiger partial charge in [0.15, 0.2) is 5.79 Å². The number of carbonyl (C=O) groups excluding carboxylic acids is 1. The summed E-state index contributed by atoms with van der Waals surface area (Å²) in [6.07, 6.45) is 8.30. The highest BCUT2D eigenvalue weighted by Crippen LogP contribution is 2.89. The number of hydrogen-bond acceptors (Lipinski definition) is 6. The molecule has 38 heavy (non-hydrogen) atoms. The first-order valence-corrected chi connectivity index (χ1v) is 15.5. The number of carbonyl (C=O) groups is 1. The van der Waals surface area contributed by atoms with Gasteiger partial charge in [0, 0.05) is 18.8 Å². The second-order valence-corrected chi connectivity index (χ2v) is 16.5. The number of hydrogen-bond donors (Lipinski definition) is 1. The fourth-order valence-corrected chi connectivity index (χ4v) is 13.3. The van der Waals surface area contributed by atoms with Crippen LogP contribution < -0.4 is 0 Å². The molecule has 0 bridgehead atoms. The molecule has 3 spiro atoms. The molecule has 1 N–H and O–H groups in total. The van der Waals surface area contributed by atoms with Crippen molar-refractivity contribution >= 4 is 5.97 Å². The summed E-state index contributed by atoms with van der Waals surface area (Å²) >= 11 is 0. The third-order valence-corrected chi connectivity index (χ3v) is 14.9. The molecule has 6 heteroatoms. The fourth-order valence-electron chi connectivity index (χ4n) is 13.3. The standard InChI is InChI=1S/C32H48O6/c1-17-12-32(25-28(6,38-25)16-35-32)37-19-13-27(5)21-9-8-20-26(3,4)22(34)10-11-30(20)15-31(21,30)14-23(36-18(2)33)29(27,7)24(17)19/h17,19-25,34H,8-16H2,1-7H3/t17-,19+,20+,21+,22+,23-,24+,25+,27+,28+,29-,30-,31+,32+/m1/s1. The van der Waals surface area contributed by atoms with Gasteiger partial charge in [-0.15, -0.1) is 0 Å². The van der Waals surface area contributed by atoms with E-state index in [0.717, 1.165) is 32.1 Å². The Morgan fingerprint density at radius 1 is 0.947 bits per heavy atom. The van der Waals surface area contributed by atoms with Gasteiger partial charge in [-0.2, -0.15) is 0 Å². The molecule has 0 unspecified atom stereocenters. The van der Waals surface area contributed by atoms with Gasteiger partial charge in [-0.05, 0) is 97.2 Å². The molecule has 6 nitrogen and oxygen atoms in total. The van der Waals surface area contributed by atoms with Crippen molar-refractivity contribution in [2.75, 3.05) is 6.61 Å². The summed E-state index contributed by atoms with van der Waals surface area (Å²) in [4.78, 5) is 12.7. The van der Waals surface area contributed by atoms with Crippen LogP contribution >= 0.6 is 0 Å². The summed E-state index contributed by atoms with van der Waals surface area (Å²) in [5.74, 6) is 1.09. The third-order valence-electron chi connectivity index (χ3n) is 14.9. The molecule has 0 aromatic heterocycles. The van der Waals surface area contributed by atoms with Crippen LogP contribution in [0.5, 0.6) is 0 Å². The second kappa shape index (κ2) is 6.85. The van der Waals surface area contributed by atoms with Crippen LogP contribution in [0, 0.1) is 50.7 Å². The Bertz CT molecular complexity index is 1110. The SMILES string of the molecule is CC(=O)O[C@@H]1C[C@@]23C[C@@]24CC[C@H](O)C(C)(C)[C@@H]4CC[C@H]3[C@]2(C)C[C@@H]3O[C@]4(C[C@@H](C)[C@@H]3[C@@]12C)OC[C@]1(C)O[C@H]41. The molecular formula is C32H48O6. The monoisotopic (exact) mass is 528 g/mol. The molecule has 0 radical (unpaired) electrons. The second-order valence-electron chi connectivity index (χ2n) is 16.5. The molecule has 0 aromatic rings. The molecule has 3 heterocycles. The van der Waals surface area contributed by atoms with Crippen LogP contribution in [-0.4, -0.2) is 53.5 Å². The van der Waals surface area contributed by atoms with Gasteiger partial charge in [0.25, 0.3) is 0 Å². The minimum absolute atomic E-state index is 0.0154. The van der Waals surface area contributed by atoms with Crippen LogP contribution in [0.2, 0.25) is 0 Å². The normalized spacial score (nSPS) is 64.5. The van der Waals surface area contributed by atoms with Crippen molar-refractivity contribution in [3.63, 3.8) is 0 Å². The molecule has 0 amide bonds. The van der Waals surface area contributed by atoms with Crippen LogP contribution in [0.3, 0.4) is 0 Å². The summed E-state index contributed by atoms with van der Waals surface area (Å²) in [5, 5.41) is 11.0. The number of esters is 1. The molecule has 5 aliphatic carbocycles. The molecule has 8 fully saturated rings. The minimum atomic E-state index is -0.619. The van der Waals surface area contributed by atoms with Crippen molar-refractivity contribution < 1.29 is 28.8 Å². The van der Waals surface area contributed by atoms with E-state index in [4.69, 9.17) is 18.9 Å². The van der Waals surface area contributed by atoms with Crippen LogP contribution in [-0.2, 0) is 23.7 Å². The first-order valence-electron chi connectivity index (χ1n) is 15.5. The maximum Gasteiger partial charge on any atom is 0.302 e. The highest BCUT2D eigenvalue weighted by Gasteiger charge is 2.86. The van der Waals surface area contributed by atoms with Gasteiger partial charge in [-0.3, -0.25) is 4.79 Å². The van der Waals surface area contributed by atoms with Gasteiger partial charge < -0.3 is 24.1 Å². The van der Waals surface area contributed by atoms with Crippen LogP contribution in [0.15, 0.2) is 0 Å². The summed E-state index contributed by atoms with van der Waals surface area (Å²) < 4.78 is 26.1. The van der Waals surface area contributed by atoms with Crippen molar-refractivity contribution in [2.45, 2.75) is 136 Å². The quantitative estimate of drug-likeness (QED) is 0.370. The molecule has 212 valence electrons. The summed E-state index contributed by atoms with van der Waals surface area (Å²) in [5.41, 5.74) is 0.108. The zero-order chi connectivity index (χ0) is 26.9. The highest BCUT2D eigenvalue weighted by molar-refractivity contribution is 5.66. The molecule has 8 rings (SSSR count). The number of aliphatic hydroxyl groups excluding tert-OH is 1. The number of fused-ring (bicyclic) bond motifs is 6. The van der Waals surface area contributed by atoms with E-state index in [1.54, 1.807) is 6.92 Å². The predicted octanol–water partition coefficient (Wildman–Crippen LogP) is 5.25. The van der Waals surface area contributed by atoms with Gasteiger partial charge in [0.1, 0.15) is 17.8 Å². The molecule has 14 atom stereocenters. The summed E-state index contributed by atoms with van der Waals surface area (Å²) in [6.45, 7) is 16.4. The van der Waals surface area contributed by atoms with E-state index in [2.05, 4.69) is 41.5 Å². The Morgan fingerprint density at radius 3 is 2.34 bits per heavy atom. The predicted molar refractivity (Wildman–Crippen MR) is 140 cm³/mol. The number of ether oxygens (including phenoxy) is 4. The molecular weight excluding hydrogens is 480 g/mol. The average molecular weight is 529 g/mol. The van der Waals surface area contributed by atoms with Gasteiger partial charge in [0.05, 0.1) is 18.8 Å². The van der Waals surface area contributed by atoms with E-state index in [0.29, 0.717) is 30.3 Å². The zero-order valence-corrected chi connectivity index (χ0v) is 24.5. The van der Waals surface area contributed by atoms with Crippen molar-refractivity contribution in [3.05, 3.63) is 0 Å². The molecule has 3 aliphatic heterocycles. The van der Waals surface area contributed by atoms with Crippen molar-refractivity contribution in [1.29, 1.82) is 0 Å². The lowest BCUT2D eigenvalue weighted by atomic mass is 9.41. The van der Waals surface area contributed by atoms with Crippen molar-refractivity contribution in [1.82, 2.24) is 0 Å². The van der Waals surface area contributed by atoms with Crippen LogP contribution in [0.25, 0.3) is 0 Å². The van der Waals surface area contributed by atoms with E-state index in [9.17, 15) is 9.90 Å². The van der Waals surface area contributed by atoms with Crippen LogP contribution in [0.4, 0.5) is 0 Å². The lowest BCUT2D eigenvalue weighted by Crippen LogP contribution is -2.63. The molecule has 0 aromatic carbocycles. The lowest BCUT2D eigenvalue weighted by molar-refractivity contribution is -0.308. The minimum Gasteiger partial charge on any atom is -0.462 e. The van der Waals surface area contributed by atoms with E-state index in [-0.39, 0.29) is 63.1 Å². The molecule has 3 saturated heterocycles. The summed E-state index contributed by atoms with van der Waals surface area (Å²) in [6, 6.07) is 0. The smallest absolute Gasteiger partial charge is 0.302 e. The maximum atomic E-state index is 12.7. The Balaban J connectivity index is 1.21. The number of epoxide rings is 1. The van der Waals surface area contributed by atoms with Crippen molar-refractivity contribution in [3.8, 4) is 0 Å². The largest absolute Gasteiger partial charge is 0.462 e. The zero-order valence-electron chi connectivity index (χ0n) is 24.5. The Morgan fingerprint density at radius 2 is 1.68 bits per heavy atom. The third kappa shape index (κ3) is 2.52. The Kier molecular flexibility index (Phi) is 4.51. The average Bonchev–Trinajstić information content (AvgIpc) is 3.64. The summed E-state index contributed by atoms with van der Waals surface area (Å²) in [7, 11) is 0. The van der Waals surface area contributed by atoms with E-state index in [1.165, 1.54) is 19.3 Å². The highest BCUT2D eigenvalue weighted by atomic mass is 16.8. The van der Waals surface area contributed by atoms with Crippen molar-refractivity contribution in [2.24, 2.45) is 50.7 Å².